The molecule has 128 valence electrons. The lowest BCUT2D eigenvalue weighted by molar-refractivity contribution is -0.140. The number of pyridine rings is 1. The van der Waals surface area contributed by atoms with E-state index in [2.05, 4.69) is 10.1 Å². The Labute approximate surface area is 149 Å². The van der Waals surface area contributed by atoms with Crippen LogP contribution in [-0.4, -0.2) is 33.1 Å². The highest BCUT2D eigenvalue weighted by Gasteiger charge is 2.22. The highest BCUT2D eigenvalue weighted by Crippen LogP contribution is 2.22. The van der Waals surface area contributed by atoms with Gasteiger partial charge >= 0.3 is 0 Å². The normalized spacial score (nSPS) is 12.0. The van der Waals surface area contributed by atoms with Crippen molar-refractivity contribution >= 4 is 17.5 Å². The molecule has 0 aliphatic carbocycles. The Morgan fingerprint density at radius 2 is 2.16 bits per heavy atom. The average molecular weight is 358 g/mol. The molecular formula is C18H16ClN3O3. The number of aliphatic hydroxyl groups is 1. The molecule has 0 saturated heterocycles. The van der Waals surface area contributed by atoms with Crippen molar-refractivity contribution in [2.24, 2.45) is 0 Å². The molecule has 0 aliphatic rings. The van der Waals surface area contributed by atoms with E-state index in [4.69, 9.17) is 16.1 Å². The van der Waals surface area contributed by atoms with Crippen molar-refractivity contribution < 1.29 is 14.4 Å². The van der Waals surface area contributed by atoms with Gasteiger partial charge in [-0.05, 0) is 29.8 Å². The molecule has 0 fully saturated rings. The van der Waals surface area contributed by atoms with Crippen LogP contribution in [0, 0.1) is 0 Å². The second kappa shape index (κ2) is 7.46. The number of amides is 1. The maximum absolute atomic E-state index is 12.4. The van der Waals surface area contributed by atoms with Crippen molar-refractivity contribution in [3.8, 4) is 11.3 Å². The van der Waals surface area contributed by atoms with Gasteiger partial charge in [0.25, 0.3) is 5.91 Å². The molecule has 2 aromatic heterocycles. The van der Waals surface area contributed by atoms with Crippen LogP contribution in [0.3, 0.4) is 0 Å². The van der Waals surface area contributed by atoms with Gasteiger partial charge in [-0.1, -0.05) is 28.9 Å². The van der Waals surface area contributed by atoms with Gasteiger partial charge in [-0.3, -0.25) is 9.78 Å². The zero-order chi connectivity index (χ0) is 17.8. The van der Waals surface area contributed by atoms with Crippen LogP contribution in [0.15, 0.2) is 59.4 Å². The van der Waals surface area contributed by atoms with Crippen LogP contribution < -0.4 is 0 Å². The van der Waals surface area contributed by atoms with Crippen LogP contribution >= 0.6 is 11.6 Å². The molecule has 3 rings (SSSR count). The van der Waals surface area contributed by atoms with E-state index in [9.17, 15) is 9.90 Å². The molecule has 0 aliphatic heterocycles. The van der Waals surface area contributed by atoms with Gasteiger partial charge in [0.1, 0.15) is 5.69 Å². The fraction of sp³-hybridized carbons (Fsp3) is 0.167. The van der Waals surface area contributed by atoms with Crippen LogP contribution in [0.2, 0.25) is 5.02 Å². The highest BCUT2D eigenvalue weighted by atomic mass is 35.5. The van der Waals surface area contributed by atoms with Gasteiger partial charge < -0.3 is 14.5 Å². The second-order valence-electron chi connectivity index (χ2n) is 5.57. The summed E-state index contributed by atoms with van der Waals surface area (Å²) in [4.78, 5) is 17.8. The number of carbonyl (C=O) groups is 1. The first kappa shape index (κ1) is 17.1. The molecule has 1 amide bonds. The summed E-state index contributed by atoms with van der Waals surface area (Å²) >= 11 is 5.90. The SMILES string of the molecule is CN(Cc1cc(-c2cccnc2)no1)C(=O)C(O)c1cccc(Cl)c1. The van der Waals surface area contributed by atoms with Crippen molar-refractivity contribution in [2.75, 3.05) is 7.05 Å². The minimum atomic E-state index is -1.29. The van der Waals surface area contributed by atoms with E-state index in [0.29, 0.717) is 22.0 Å². The number of nitrogens with zero attached hydrogens (tertiary/aromatic N) is 3. The molecule has 1 atom stereocenters. The molecule has 1 unspecified atom stereocenters. The first-order chi connectivity index (χ1) is 12.0. The Morgan fingerprint density at radius 1 is 1.32 bits per heavy atom. The largest absolute Gasteiger partial charge is 0.378 e. The van der Waals surface area contributed by atoms with Crippen molar-refractivity contribution in [3.05, 3.63) is 71.2 Å². The summed E-state index contributed by atoms with van der Waals surface area (Å²) in [7, 11) is 1.59. The summed E-state index contributed by atoms with van der Waals surface area (Å²) < 4.78 is 5.27. The molecule has 3 aromatic rings. The summed E-state index contributed by atoms with van der Waals surface area (Å²) in [6.45, 7) is 0.184. The summed E-state index contributed by atoms with van der Waals surface area (Å²) in [5, 5.41) is 14.7. The van der Waals surface area contributed by atoms with Gasteiger partial charge in [0.05, 0.1) is 6.54 Å². The Balaban J connectivity index is 1.68. The number of halogens is 1. The Kier molecular flexibility index (Phi) is 5.11. The number of rotatable bonds is 5. The maximum Gasteiger partial charge on any atom is 0.256 e. The summed E-state index contributed by atoms with van der Waals surface area (Å²) in [5.74, 6) is 0.0505. The van der Waals surface area contributed by atoms with E-state index >= 15 is 0 Å². The van der Waals surface area contributed by atoms with Crippen LogP contribution in [0.5, 0.6) is 0 Å². The third kappa shape index (κ3) is 4.04. The lowest BCUT2D eigenvalue weighted by Gasteiger charge is -2.19. The first-order valence-corrected chi connectivity index (χ1v) is 7.97. The predicted octanol–water partition coefficient (Wildman–Crippen LogP) is 3.08. The van der Waals surface area contributed by atoms with E-state index in [1.807, 2.05) is 6.07 Å². The highest BCUT2D eigenvalue weighted by molar-refractivity contribution is 6.30. The number of aliphatic hydroxyl groups excluding tert-OH is 1. The molecule has 1 aromatic carbocycles. The average Bonchev–Trinajstić information content (AvgIpc) is 3.09. The summed E-state index contributed by atoms with van der Waals surface area (Å²) in [6.07, 6.45) is 2.07. The predicted molar refractivity (Wildman–Crippen MR) is 92.6 cm³/mol. The minimum absolute atomic E-state index is 0.184. The second-order valence-corrected chi connectivity index (χ2v) is 6.01. The van der Waals surface area contributed by atoms with E-state index in [1.54, 1.807) is 55.8 Å². The van der Waals surface area contributed by atoms with Crippen LogP contribution in [0.4, 0.5) is 0 Å². The smallest absolute Gasteiger partial charge is 0.256 e. The molecule has 0 radical (unpaired) electrons. The molecule has 6 nitrogen and oxygen atoms in total. The molecule has 7 heteroatoms. The topological polar surface area (TPSA) is 79.5 Å². The Bertz CT molecular complexity index is 867. The van der Waals surface area contributed by atoms with Crippen molar-refractivity contribution in [1.82, 2.24) is 15.0 Å². The number of hydrogen-bond acceptors (Lipinski definition) is 5. The quantitative estimate of drug-likeness (QED) is 0.759. The van der Waals surface area contributed by atoms with E-state index in [-0.39, 0.29) is 6.54 Å². The van der Waals surface area contributed by atoms with Gasteiger partial charge in [-0.2, -0.15) is 0 Å². The molecule has 0 spiro atoms. The first-order valence-electron chi connectivity index (χ1n) is 7.59. The third-order valence-electron chi connectivity index (χ3n) is 3.68. The van der Waals surface area contributed by atoms with Crippen LogP contribution in [0.1, 0.15) is 17.4 Å². The maximum atomic E-state index is 12.4. The number of benzene rings is 1. The Morgan fingerprint density at radius 3 is 2.88 bits per heavy atom. The van der Waals surface area contributed by atoms with Gasteiger partial charge in [-0.25, -0.2) is 0 Å². The molecule has 0 saturated carbocycles. The fourth-order valence-electron chi connectivity index (χ4n) is 2.38. The Hall–Kier alpha value is -2.70. The number of carbonyl (C=O) groups excluding carboxylic acids is 1. The van der Waals surface area contributed by atoms with Gasteiger partial charge in [0.15, 0.2) is 11.9 Å². The zero-order valence-electron chi connectivity index (χ0n) is 13.5. The fourth-order valence-corrected chi connectivity index (χ4v) is 2.58. The van der Waals surface area contributed by atoms with Crippen LogP contribution in [-0.2, 0) is 11.3 Å². The van der Waals surface area contributed by atoms with E-state index in [0.717, 1.165) is 5.56 Å². The third-order valence-corrected chi connectivity index (χ3v) is 3.92. The molecule has 1 N–H and O–H groups in total. The monoisotopic (exact) mass is 357 g/mol. The zero-order valence-corrected chi connectivity index (χ0v) is 14.2. The van der Waals surface area contributed by atoms with E-state index in [1.165, 1.54) is 4.90 Å². The summed E-state index contributed by atoms with van der Waals surface area (Å²) in [6, 6.07) is 12.0. The standard InChI is InChI=1S/C18H16ClN3O3/c1-22(18(24)17(23)12-4-2-6-14(19)8-12)11-15-9-16(21-25-15)13-5-3-7-20-10-13/h2-10,17,23H,11H2,1H3. The van der Waals surface area contributed by atoms with E-state index < -0.39 is 12.0 Å². The molecule has 25 heavy (non-hydrogen) atoms. The van der Waals surface area contributed by atoms with Crippen molar-refractivity contribution in [1.29, 1.82) is 0 Å². The van der Waals surface area contributed by atoms with Crippen LogP contribution in [0.25, 0.3) is 11.3 Å². The summed E-state index contributed by atoms with van der Waals surface area (Å²) in [5.41, 5.74) is 1.91. The number of likely N-dealkylation sites (N-methyl/N-ethyl adjacent to an activating group) is 1. The number of hydrogen-bond donors (Lipinski definition) is 1. The van der Waals surface area contributed by atoms with Gasteiger partial charge in [0.2, 0.25) is 0 Å². The minimum Gasteiger partial charge on any atom is -0.378 e. The molecule has 2 heterocycles. The lowest BCUT2D eigenvalue weighted by Crippen LogP contribution is -2.31. The lowest BCUT2D eigenvalue weighted by atomic mass is 10.1. The van der Waals surface area contributed by atoms with Crippen molar-refractivity contribution in [2.45, 2.75) is 12.6 Å². The van der Waals surface area contributed by atoms with Gasteiger partial charge in [-0.15, -0.1) is 0 Å². The molecule has 0 bridgehead atoms. The number of aromatic nitrogens is 2. The van der Waals surface area contributed by atoms with Gasteiger partial charge in [0, 0.05) is 36.1 Å². The van der Waals surface area contributed by atoms with Crippen molar-refractivity contribution in [3.63, 3.8) is 0 Å². The molecular weight excluding hydrogens is 342 g/mol.